The van der Waals surface area contributed by atoms with Crippen molar-refractivity contribution in [1.82, 2.24) is 4.98 Å². The predicted molar refractivity (Wildman–Crippen MR) is 113 cm³/mol. The van der Waals surface area contributed by atoms with Crippen molar-refractivity contribution >= 4 is 12.2 Å². The Morgan fingerprint density at radius 3 is 2.61 bits per heavy atom. The zero-order valence-corrected chi connectivity index (χ0v) is 15.7. The van der Waals surface area contributed by atoms with Crippen LogP contribution in [0.1, 0.15) is 31.2 Å². The molecule has 1 unspecified atom stereocenters. The number of nitrogens with two attached hydrogens (primary N) is 1. The Labute approximate surface area is 164 Å². The molecule has 0 radical (unpaired) electrons. The second-order valence-electron chi connectivity index (χ2n) is 7.60. The summed E-state index contributed by atoms with van der Waals surface area (Å²) in [5, 5.41) is 3.23. The van der Waals surface area contributed by atoms with Crippen LogP contribution in [0.3, 0.4) is 0 Å². The van der Waals surface area contributed by atoms with E-state index in [-0.39, 0.29) is 0 Å². The van der Waals surface area contributed by atoms with Crippen molar-refractivity contribution in [2.75, 3.05) is 5.32 Å². The second kappa shape index (κ2) is 6.84. The van der Waals surface area contributed by atoms with Crippen molar-refractivity contribution in [3.05, 3.63) is 66.4 Å². The van der Waals surface area contributed by atoms with Gasteiger partial charge in [-0.3, -0.25) is 0 Å². The van der Waals surface area contributed by atoms with Gasteiger partial charge in [0.1, 0.15) is 23.0 Å². The van der Waals surface area contributed by atoms with Gasteiger partial charge < -0.3 is 20.8 Å². The van der Waals surface area contributed by atoms with Crippen LogP contribution in [0.25, 0.3) is 11.1 Å². The molecule has 1 fully saturated rings. The Hall–Kier alpha value is -3.05. The molecule has 1 aliphatic carbocycles. The van der Waals surface area contributed by atoms with Crippen LogP contribution >= 0.6 is 0 Å². The van der Waals surface area contributed by atoms with Crippen molar-refractivity contribution in [3.8, 4) is 22.6 Å². The summed E-state index contributed by atoms with van der Waals surface area (Å²) in [6.07, 6.45) is 8.44. The molecule has 0 saturated heterocycles. The molecule has 5 nitrogen and oxygen atoms in total. The first kappa shape index (κ1) is 17.1. The first-order chi connectivity index (χ1) is 13.7. The Morgan fingerprint density at radius 1 is 1.00 bits per heavy atom. The molecule has 3 aromatic rings. The average Bonchev–Trinajstić information content (AvgIpc) is 3.40. The van der Waals surface area contributed by atoms with E-state index in [9.17, 15) is 0 Å². The van der Waals surface area contributed by atoms with Gasteiger partial charge in [-0.05, 0) is 42.7 Å². The number of H-pyrrole nitrogens is 1. The number of nitrogens with zero attached hydrogens (tertiary/aromatic N) is 1. The van der Waals surface area contributed by atoms with E-state index in [1.165, 1.54) is 12.8 Å². The number of nitrogens with one attached hydrogen (secondary N) is 2. The molecule has 5 heteroatoms. The number of rotatable bonds is 4. The molecule has 1 saturated carbocycles. The Kier molecular flexibility index (Phi) is 4.17. The van der Waals surface area contributed by atoms with Gasteiger partial charge in [0.15, 0.2) is 0 Å². The number of anilines is 1. The van der Waals surface area contributed by atoms with Crippen LogP contribution in [-0.4, -0.2) is 11.3 Å². The maximum absolute atomic E-state index is 6.93. The lowest BCUT2D eigenvalue weighted by Gasteiger charge is -2.35. The average molecular weight is 372 g/mol. The SMILES string of the molecule is NC1(C2CCCC2)N=CNc2[nH]cc(-c3cccc(Oc4ccccc4)c3)c21. The molecule has 2 heterocycles. The highest BCUT2D eigenvalue weighted by Gasteiger charge is 2.43. The summed E-state index contributed by atoms with van der Waals surface area (Å²) in [6, 6.07) is 18.0. The van der Waals surface area contributed by atoms with E-state index < -0.39 is 5.66 Å². The molecule has 0 bridgehead atoms. The van der Waals surface area contributed by atoms with Crippen LogP contribution in [-0.2, 0) is 5.66 Å². The fourth-order valence-corrected chi connectivity index (χ4v) is 4.48. The summed E-state index contributed by atoms with van der Waals surface area (Å²) in [6.45, 7) is 0. The van der Waals surface area contributed by atoms with Crippen LogP contribution in [0.2, 0.25) is 0 Å². The largest absolute Gasteiger partial charge is 0.457 e. The molecule has 5 rings (SSSR count). The maximum Gasteiger partial charge on any atom is 0.142 e. The molecular weight excluding hydrogens is 348 g/mol. The fraction of sp³-hybridized carbons (Fsp3) is 0.261. The van der Waals surface area contributed by atoms with Crippen molar-refractivity contribution in [2.45, 2.75) is 31.3 Å². The van der Waals surface area contributed by atoms with Gasteiger partial charge in [-0.15, -0.1) is 0 Å². The van der Waals surface area contributed by atoms with Gasteiger partial charge in [0.25, 0.3) is 0 Å². The van der Waals surface area contributed by atoms with Crippen LogP contribution in [0.15, 0.2) is 65.8 Å². The number of aromatic amines is 1. The molecular formula is C23H24N4O. The number of aliphatic imine (C=N–C) groups is 1. The van der Waals surface area contributed by atoms with E-state index >= 15 is 0 Å². The van der Waals surface area contributed by atoms with Gasteiger partial charge in [0.2, 0.25) is 0 Å². The highest BCUT2D eigenvalue weighted by atomic mass is 16.5. The van der Waals surface area contributed by atoms with Gasteiger partial charge in [-0.25, -0.2) is 4.99 Å². The van der Waals surface area contributed by atoms with Crippen molar-refractivity contribution in [3.63, 3.8) is 0 Å². The molecule has 1 atom stereocenters. The molecule has 1 aromatic heterocycles. The highest BCUT2D eigenvalue weighted by molar-refractivity contribution is 5.85. The minimum atomic E-state index is -0.692. The van der Waals surface area contributed by atoms with E-state index in [1.54, 1.807) is 6.34 Å². The Balaban J connectivity index is 1.54. The topological polar surface area (TPSA) is 75.4 Å². The van der Waals surface area contributed by atoms with E-state index in [0.29, 0.717) is 5.92 Å². The van der Waals surface area contributed by atoms with Gasteiger partial charge in [-0.2, -0.15) is 0 Å². The zero-order valence-electron chi connectivity index (χ0n) is 15.7. The van der Waals surface area contributed by atoms with E-state index in [2.05, 4.69) is 22.4 Å². The number of ether oxygens (including phenoxy) is 1. The lowest BCUT2D eigenvalue weighted by molar-refractivity contribution is 0.293. The molecule has 2 aromatic carbocycles. The summed E-state index contributed by atoms with van der Waals surface area (Å²) >= 11 is 0. The van der Waals surface area contributed by atoms with Crippen molar-refractivity contribution in [2.24, 2.45) is 16.6 Å². The number of hydrogen-bond donors (Lipinski definition) is 3. The molecule has 0 amide bonds. The van der Waals surface area contributed by atoms with Crippen LogP contribution in [0.4, 0.5) is 5.82 Å². The molecule has 2 aliphatic rings. The summed E-state index contributed by atoms with van der Waals surface area (Å²) in [5.74, 6) is 2.92. The highest BCUT2D eigenvalue weighted by Crippen LogP contribution is 2.47. The molecule has 4 N–H and O–H groups in total. The first-order valence-corrected chi connectivity index (χ1v) is 9.88. The Bertz CT molecular complexity index is 1000. The lowest BCUT2D eigenvalue weighted by Crippen LogP contribution is -2.44. The van der Waals surface area contributed by atoms with Crippen LogP contribution in [0.5, 0.6) is 11.5 Å². The molecule has 1 aliphatic heterocycles. The third-order valence-electron chi connectivity index (χ3n) is 5.87. The van der Waals surface area contributed by atoms with Gasteiger partial charge in [-0.1, -0.05) is 43.2 Å². The number of fused-ring (bicyclic) bond motifs is 1. The predicted octanol–water partition coefficient (Wildman–Crippen LogP) is 5.23. The third kappa shape index (κ3) is 2.88. The number of hydrogen-bond acceptors (Lipinski definition) is 4. The smallest absolute Gasteiger partial charge is 0.142 e. The lowest BCUT2D eigenvalue weighted by atomic mass is 9.82. The quantitative estimate of drug-likeness (QED) is 0.587. The second-order valence-corrected chi connectivity index (χ2v) is 7.60. The van der Waals surface area contributed by atoms with Crippen LogP contribution < -0.4 is 15.8 Å². The van der Waals surface area contributed by atoms with Crippen LogP contribution in [0, 0.1) is 5.92 Å². The number of aromatic nitrogens is 1. The normalized spacial score (nSPS) is 21.3. The van der Waals surface area contributed by atoms with Crippen molar-refractivity contribution in [1.29, 1.82) is 0 Å². The summed E-state index contributed by atoms with van der Waals surface area (Å²) in [7, 11) is 0. The molecule has 28 heavy (non-hydrogen) atoms. The molecule has 142 valence electrons. The zero-order chi connectivity index (χ0) is 19.0. The Morgan fingerprint density at radius 2 is 1.79 bits per heavy atom. The number of para-hydroxylation sites is 1. The first-order valence-electron chi connectivity index (χ1n) is 9.88. The minimum Gasteiger partial charge on any atom is -0.457 e. The maximum atomic E-state index is 6.93. The van der Waals surface area contributed by atoms with Gasteiger partial charge >= 0.3 is 0 Å². The summed E-state index contributed by atoms with van der Waals surface area (Å²) < 4.78 is 6.03. The number of benzene rings is 2. The van der Waals surface area contributed by atoms with Crippen molar-refractivity contribution < 1.29 is 4.74 Å². The standard InChI is InChI=1S/C23H24N4O/c24-23(17-8-4-5-9-17)21-20(14-25-22(21)26-15-27-23)16-7-6-12-19(13-16)28-18-10-2-1-3-11-18/h1-3,6-7,10-15,17,25H,4-5,8-9,24H2,(H,26,27). The summed E-state index contributed by atoms with van der Waals surface area (Å²) in [4.78, 5) is 8.07. The summed E-state index contributed by atoms with van der Waals surface area (Å²) in [5.41, 5.74) is 9.44. The monoisotopic (exact) mass is 372 g/mol. The van der Waals surface area contributed by atoms with E-state index in [0.717, 1.165) is 46.8 Å². The minimum absolute atomic E-state index is 0.364. The fourth-order valence-electron chi connectivity index (χ4n) is 4.48. The molecule has 0 spiro atoms. The van der Waals surface area contributed by atoms with Gasteiger partial charge in [0.05, 0.1) is 6.34 Å². The van der Waals surface area contributed by atoms with Gasteiger partial charge in [0, 0.05) is 23.2 Å². The van der Waals surface area contributed by atoms with E-state index in [4.69, 9.17) is 15.5 Å². The third-order valence-corrected chi connectivity index (χ3v) is 5.87. The van der Waals surface area contributed by atoms with E-state index in [1.807, 2.05) is 48.7 Å².